The maximum absolute atomic E-state index is 13.1. The minimum absolute atomic E-state index is 0.0661. The van der Waals surface area contributed by atoms with Crippen LogP contribution >= 0.6 is 0 Å². The fraction of sp³-hybridized carbons (Fsp3) is 0.655. The zero-order chi connectivity index (χ0) is 26.9. The van der Waals surface area contributed by atoms with Crippen molar-refractivity contribution in [1.29, 1.82) is 0 Å². The Morgan fingerprint density at radius 2 is 1.82 bits per heavy atom. The van der Waals surface area contributed by atoms with Crippen molar-refractivity contribution in [1.82, 2.24) is 0 Å². The molecule has 1 N–H and O–H groups in total. The number of aliphatic hydroxyl groups excluding tert-OH is 1. The molecule has 2 unspecified atom stereocenters. The molecule has 206 valence electrons. The largest absolute Gasteiger partial charge is 0.462 e. The molecular weight excluding hydrogens is 492 g/mol. The molecule has 4 aliphatic heterocycles. The molecule has 1 saturated carbocycles. The highest BCUT2D eigenvalue weighted by atomic mass is 16.7. The van der Waals surface area contributed by atoms with Gasteiger partial charge in [0.05, 0.1) is 30.3 Å². The summed E-state index contributed by atoms with van der Waals surface area (Å²) in [6, 6.07) is 0. The van der Waals surface area contributed by atoms with E-state index in [0.717, 1.165) is 6.42 Å². The predicted octanol–water partition coefficient (Wildman–Crippen LogP) is 2.68. The van der Waals surface area contributed by atoms with Gasteiger partial charge in [-0.05, 0) is 39.2 Å². The Morgan fingerprint density at radius 3 is 2.58 bits per heavy atom. The smallest absolute Gasteiger partial charge is 0.331 e. The highest BCUT2D eigenvalue weighted by Crippen LogP contribution is 2.72. The van der Waals surface area contributed by atoms with Crippen molar-refractivity contribution in [2.45, 2.75) is 95.5 Å². The van der Waals surface area contributed by atoms with Gasteiger partial charge in [-0.25, -0.2) is 9.59 Å². The van der Waals surface area contributed by atoms with Gasteiger partial charge < -0.3 is 33.5 Å². The standard InChI is InChI=1S/C29H36O9/c1-16-9-10-28-14-33-24(31)12-17(2)25(32)26-35-18(3)19(36-26)7-5-6-8-23(30)38-20-13-22(37-21(28)11-16)29(15-34-29)27(20,28)4/h5-8,11-12,18-22,25-26,32H,9-10,13-15H2,1-4H3/b7-5+,8-6-,17-12+/t18-,19-,20-,21-,22-,25?,26?,27-,28-,29+/m1/s1. The molecule has 6 aliphatic rings. The number of fused-ring (bicyclic) bond motifs is 2. The van der Waals surface area contributed by atoms with E-state index in [-0.39, 0.29) is 24.9 Å². The third-order valence-electron chi connectivity index (χ3n) is 9.76. The van der Waals surface area contributed by atoms with Gasteiger partial charge in [0, 0.05) is 24.0 Å². The minimum atomic E-state index is -1.14. The Labute approximate surface area is 222 Å². The number of allylic oxidation sites excluding steroid dienone is 3. The molecule has 0 aromatic rings. The van der Waals surface area contributed by atoms with Crippen molar-refractivity contribution in [2.24, 2.45) is 10.8 Å². The quantitative estimate of drug-likeness (QED) is 0.288. The first-order chi connectivity index (χ1) is 18.1. The van der Waals surface area contributed by atoms with Crippen molar-refractivity contribution in [3.63, 3.8) is 0 Å². The molecule has 2 aliphatic carbocycles. The van der Waals surface area contributed by atoms with Crippen LogP contribution in [0.15, 0.2) is 47.6 Å². The van der Waals surface area contributed by atoms with Gasteiger partial charge in [0.25, 0.3) is 0 Å². The number of aliphatic hydroxyl groups is 1. The first-order valence-electron chi connectivity index (χ1n) is 13.5. The van der Waals surface area contributed by atoms with E-state index in [2.05, 4.69) is 19.9 Å². The molecule has 9 nitrogen and oxygen atoms in total. The molecule has 4 bridgehead atoms. The van der Waals surface area contributed by atoms with Crippen molar-refractivity contribution >= 4 is 11.9 Å². The fourth-order valence-corrected chi connectivity index (χ4v) is 7.29. The number of esters is 2. The second kappa shape index (κ2) is 9.13. The van der Waals surface area contributed by atoms with Crippen LogP contribution in [0.3, 0.4) is 0 Å². The minimum Gasteiger partial charge on any atom is -0.462 e. The zero-order valence-electron chi connectivity index (χ0n) is 22.3. The summed E-state index contributed by atoms with van der Waals surface area (Å²) in [6.45, 7) is 8.24. The Bertz CT molecular complexity index is 1130. The van der Waals surface area contributed by atoms with Crippen LogP contribution in [0, 0.1) is 10.8 Å². The molecule has 0 radical (unpaired) electrons. The lowest BCUT2D eigenvalue weighted by Gasteiger charge is -2.58. The van der Waals surface area contributed by atoms with Crippen LogP contribution < -0.4 is 0 Å². The Kier molecular flexibility index (Phi) is 6.23. The topological polar surface area (TPSA) is 113 Å². The van der Waals surface area contributed by atoms with Gasteiger partial charge in [0.15, 0.2) is 6.29 Å². The number of epoxide rings is 1. The van der Waals surface area contributed by atoms with Crippen molar-refractivity contribution in [3.8, 4) is 0 Å². The summed E-state index contributed by atoms with van der Waals surface area (Å²) in [4.78, 5) is 26.0. The SMILES string of the molecule is CC1=C[C@H]2O[C@@H]3C[C@H]4OC(=O)/C=C\C=C\[C@H]5OC(O[C@@H]5C)C(O)/C(C)=C/C(=O)OC[C@@]2(CC1)[C@]4(C)[C@]31CO1. The summed E-state index contributed by atoms with van der Waals surface area (Å²) in [5.41, 5.74) is -0.284. The number of ether oxygens (including phenoxy) is 6. The van der Waals surface area contributed by atoms with Crippen molar-refractivity contribution in [2.75, 3.05) is 13.2 Å². The highest BCUT2D eigenvalue weighted by molar-refractivity contribution is 5.83. The normalized spacial score (nSPS) is 51.4. The summed E-state index contributed by atoms with van der Waals surface area (Å²) < 4.78 is 36.4. The van der Waals surface area contributed by atoms with Gasteiger partial charge in [-0.15, -0.1) is 0 Å². The molecular formula is C29H36O9. The molecule has 38 heavy (non-hydrogen) atoms. The molecule has 3 saturated heterocycles. The molecule has 6 rings (SSSR count). The van der Waals surface area contributed by atoms with E-state index < -0.39 is 53.0 Å². The first kappa shape index (κ1) is 26.0. The van der Waals surface area contributed by atoms with E-state index in [1.807, 2.05) is 6.92 Å². The molecule has 4 fully saturated rings. The highest BCUT2D eigenvalue weighted by Gasteiger charge is 2.83. The van der Waals surface area contributed by atoms with Crippen molar-refractivity contribution < 1.29 is 43.1 Å². The van der Waals surface area contributed by atoms with Crippen LogP contribution in [0.4, 0.5) is 0 Å². The lowest BCUT2D eigenvalue weighted by atomic mass is 9.51. The average Bonchev–Trinajstić information content (AvgIpc) is 3.57. The summed E-state index contributed by atoms with van der Waals surface area (Å²) in [5.74, 6) is -1.03. The molecule has 2 spiro atoms. The van der Waals surface area contributed by atoms with Crippen LogP contribution in [0.25, 0.3) is 0 Å². The molecule has 0 aromatic carbocycles. The maximum Gasteiger partial charge on any atom is 0.331 e. The summed E-state index contributed by atoms with van der Waals surface area (Å²) in [5, 5.41) is 10.8. The van der Waals surface area contributed by atoms with E-state index in [1.54, 1.807) is 25.2 Å². The monoisotopic (exact) mass is 528 g/mol. The van der Waals surface area contributed by atoms with Crippen LogP contribution in [0.2, 0.25) is 0 Å². The molecule has 0 amide bonds. The lowest BCUT2D eigenvalue weighted by molar-refractivity contribution is -0.232. The van der Waals surface area contributed by atoms with Gasteiger partial charge in [0.2, 0.25) is 0 Å². The van der Waals surface area contributed by atoms with Crippen LogP contribution in [-0.2, 0) is 38.0 Å². The van der Waals surface area contributed by atoms with E-state index >= 15 is 0 Å². The van der Waals surface area contributed by atoms with Gasteiger partial charge in [0.1, 0.15) is 30.5 Å². The zero-order valence-corrected chi connectivity index (χ0v) is 22.3. The third kappa shape index (κ3) is 3.78. The first-order valence-corrected chi connectivity index (χ1v) is 13.5. The second-order valence-electron chi connectivity index (χ2n) is 11.8. The van der Waals surface area contributed by atoms with Crippen LogP contribution in [0.1, 0.15) is 47.0 Å². The van der Waals surface area contributed by atoms with Gasteiger partial charge in [-0.2, -0.15) is 0 Å². The number of rotatable bonds is 0. The number of hydrogen-bond donors (Lipinski definition) is 1. The van der Waals surface area contributed by atoms with Gasteiger partial charge in [-0.1, -0.05) is 36.8 Å². The van der Waals surface area contributed by atoms with Gasteiger partial charge >= 0.3 is 11.9 Å². The van der Waals surface area contributed by atoms with E-state index in [1.165, 1.54) is 17.7 Å². The predicted molar refractivity (Wildman–Crippen MR) is 134 cm³/mol. The number of carbonyl (C=O) groups excluding carboxylic acids is 2. The van der Waals surface area contributed by atoms with Gasteiger partial charge in [-0.3, -0.25) is 0 Å². The molecule has 10 atom stereocenters. The number of carbonyl (C=O) groups is 2. The second-order valence-corrected chi connectivity index (χ2v) is 11.8. The Hall–Kier alpha value is -2.30. The summed E-state index contributed by atoms with van der Waals surface area (Å²) in [7, 11) is 0. The fourth-order valence-electron chi connectivity index (χ4n) is 7.29. The Morgan fingerprint density at radius 1 is 1.03 bits per heavy atom. The van der Waals surface area contributed by atoms with Crippen LogP contribution in [-0.4, -0.2) is 78.8 Å². The van der Waals surface area contributed by atoms with E-state index in [0.29, 0.717) is 25.0 Å². The summed E-state index contributed by atoms with van der Waals surface area (Å²) >= 11 is 0. The molecule has 9 heteroatoms. The third-order valence-corrected chi connectivity index (χ3v) is 9.76. The average molecular weight is 529 g/mol. The number of hydrogen-bond acceptors (Lipinski definition) is 9. The summed E-state index contributed by atoms with van der Waals surface area (Å²) in [6.07, 6.45) is 8.09. The van der Waals surface area contributed by atoms with Crippen LogP contribution in [0.5, 0.6) is 0 Å². The molecule has 4 heterocycles. The lowest BCUT2D eigenvalue weighted by Crippen LogP contribution is -2.66. The maximum atomic E-state index is 13.1. The van der Waals surface area contributed by atoms with Crippen molar-refractivity contribution in [3.05, 3.63) is 47.6 Å². The van der Waals surface area contributed by atoms with E-state index in [9.17, 15) is 14.7 Å². The van der Waals surface area contributed by atoms with E-state index in [4.69, 9.17) is 28.4 Å². The Balaban J connectivity index is 1.39. The number of cyclic esters (lactones) is 1. The molecule has 0 aromatic heterocycles.